The van der Waals surface area contributed by atoms with Crippen molar-refractivity contribution in [3.05, 3.63) is 28.3 Å². The monoisotopic (exact) mass is 319 g/mol. The van der Waals surface area contributed by atoms with Crippen LogP contribution in [0.25, 0.3) is 11.3 Å². The summed E-state index contributed by atoms with van der Waals surface area (Å²) in [4.78, 5) is 18.9. The molecule has 0 aromatic carbocycles. The quantitative estimate of drug-likeness (QED) is 0.924. The van der Waals surface area contributed by atoms with Gasteiger partial charge in [0.05, 0.1) is 16.8 Å². The second kappa shape index (κ2) is 5.85. The first-order valence-corrected chi connectivity index (χ1v) is 8.40. The van der Waals surface area contributed by atoms with Crippen molar-refractivity contribution in [2.45, 2.75) is 26.4 Å². The van der Waals surface area contributed by atoms with E-state index < -0.39 is 6.10 Å². The average molecular weight is 319 g/mol. The molecule has 1 aliphatic rings. The third-order valence-corrected chi connectivity index (χ3v) is 5.12. The predicted octanol–water partition coefficient (Wildman–Crippen LogP) is 2.30. The first kappa shape index (κ1) is 15.2. The summed E-state index contributed by atoms with van der Waals surface area (Å²) in [6, 6.07) is 1.89. The van der Waals surface area contributed by atoms with E-state index in [-0.39, 0.29) is 11.8 Å². The van der Waals surface area contributed by atoms with Crippen molar-refractivity contribution in [1.82, 2.24) is 14.5 Å². The Kier molecular flexibility index (Phi) is 4.06. The van der Waals surface area contributed by atoms with E-state index in [1.165, 1.54) is 0 Å². The highest BCUT2D eigenvalue weighted by atomic mass is 32.1. The molecule has 0 spiro atoms. The van der Waals surface area contributed by atoms with Gasteiger partial charge >= 0.3 is 0 Å². The summed E-state index contributed by atoms with van der Waals surface area (Å²) in [6.07, 6.45) is 2.35. The third kappa shape index (κ3) is 2.80. The Morgan fingerprint density at radius 2 is 2.27 bits per heavy atom. The number of likely N-dealkylation sites (tertiary alicyclic amines) is 1. The molecule has 6 heteroatoms. The fraction of sp³-hybridized carbons (Fsp3) is 0.500. The van der Waals surface area contributed by atoms with Crippen LogP contribution in [0, 0.1) is 12.8 Å². The molecule has 3 rings (SSSR count). The molecule has 2 aromatic rings. The van der Waals surface area contributed by atoms with Gasteiger partial charge < -0.3 is 14.6 Å². The number of hydrogen-bond acceptors (Lipinski definition) is 4. The summed E-state index contributed by atoms with van der Waals surface area (Å²) in [5.74, 6) is 0.234. The largest absolute Gasteiger partial charge is 0.391 e. The van der Waals surface area contributed by atoms with Crippen LogP contribution in [-0.2, 0) is 7.05 Å². The summed E-state index contributed by atoms with van der Waals surface area (Å²) in [5.41, 5.74) is 2.51. The molecule has 1 saturated heterocycles. The van der Waals surface area contributed by atoms with Crippen LogP contribution in [0.1, 0.15) is 28.8 Å². The van der Waals surface area contributed by atoms with E-state index in [4.69, 9.17) is 0 Å². The maximum absolute atomic E-state index is 12.7. The van der Waals surface area contributed by atoms with E-state index in [1.54, 1.807) is 16.2 Å². The summed E-state index contributed by atoms with van der Waals surface area (Å²) in [5, 5.41) is 13.0. The van der Waals surface area contributed by atoms with Crippen LogP contribution < -0.4 is 0 Å². The molecule has 2 aromatic heterocycles. The van der Waals surface area contributed by atoms with E-state index >= 15 is 0 Å². The Bertz CT molecular complexity index is 691. The van der Waals surface area contributed by atoms with Crippen molar-refractivity contribution >= 4 is 17.2 Å². The highest BCUT2D eigenvalue weighted by Crippen LogP contribution is 2.25. The molecule has 5 nitrogen and oxygen atoms in total. The molecule has 1 N–H and O–H groups in total. The Morgan fingerprint density at radius 3 is 2.91 bits per heavy atom. The highest BCUT2D eigenvalue weighted by Gasteiger charge is 2.29. The third-order valence-electron chi connectivity index (χ3n) is 4.34. The van der Waals surface area contributed by atoms with Crippen LogP contribution in [0.4, 0.5) is 0 Å². The number of hydrogen-bond donors (Lipinski definition) is 1. The minimum atomic E-state index is -0.432. The molecule has 22 heavy (non-hydrogen) atoms. The van der Waals surface area contributed by atoms with E-state index in [9.17, 15) is 9.90 Å². The van der Waals surface area contributed by atoms with Gasteiger partial charge in [-0.15, -0.1) is 11.3 Å². The fourth-order valence-electron chi connectivity index (χ4n) is 2.81. The smallest absolute Gasteiger partial charge is 0.270 e. The zero-order valence-electron chi connectivity index (χ0n) is 13.1. The molecule has 0 radical (unpaired) electrons. The van der Waals surface area contributed by atoms with Gasteiger partial charge in [-0.05, 0) is 25.3 Å². The molecule has 0 saturated carbocycles. The van der Waals surface area contributed by atoms with Crippen molar-refractivity contribution in [3.8, 4) is 11.3 Å². The number of aryl methyl sites for hydroxylation is 2. The maximum Gasteiger partial charge on any atom is 0.270 e. The fourth-order valence-corrected chi connectivity index (χ4v) is 3.43. The number of β-amino-alcohol motifs (C(OH)–C–C–N with tert-alkyl or cyclic N) is 1. The number of nitrogens with zero attached hydrogens (tertiary/aromatic N) is 3. The lowest BCUT2D eigenvalue weighted by Crippen LogP contribution is -2.46. The van der Waals surface area contributed by atoms with E-state index in [0.29, 0.717) is 18.8 Å². The number of amides is 1. The number of piperidine rings is 1. The molecular formula is C16H21N3O2S. The number of aliphatic hydroxyl groups is 1. The zero-order chi connectivity index (χ0) is 15.9. The predicted molar refractivity (Wildman–Crippen MR) is 86.9 cm³/mol. The maximum atomic E-state index is 12.7. The van der Waals surface area contributed by atoms with Gasteiger partial charge in [0.2, 0.25) is 0 Å². The summed E-state index contributed by atoms with van der Waals surface area (Å²) in [6.45, 7) is 5.11. The lowest BCUT2D eigenvalue weighted by molar-refractivity contribution is 0.0243. The number of rotatable bonds is 2. The van der Waals surface area contributed by atoms with Crippen LogP contribution in [-0.4, -0.2) is 44.7 Å². The molecule has 1 aliphatic heterocycles. The number of carbonyl (C=O) groups excluding carboxylic acids is 1. The van der Waals surface area contributed by atoms with Crippen LogP contribution in [0.15, 0.2) is 17.6 Å². The minimum absolute atomic E-state index is 0.0216. The van der Waals surface area contributed by atoms with Crippen molar-refractivity contribution in [3.63, 3.8) is 0 Å². The van der Waals surface area contributed by atoms with E-state index in [1.807, 2.05) is 43.1 Å². The molecule has 2 atom stereocenters. The molecule has 1 amide bonds. The van der Waals surface area contributed by atoms with Crippen LogP contribution >= 0.6 is 11.3 Å². The van der Waals surface area contributed by atoms with Gasteiger partial charge in [0.15, 0.2) is 0 Å². The first-order valence-electron chi connectivity index (χ1n) is 7.52. The standard InChI is InChI=1S/C16H21N3O2S/c1-10-4-5-19(8-15(10)20)16(21)14-6-12(7-18(14)3)13-9-22-11(2)17-13/h6-7,9-10,15,20H,4-5,8H2,1-3H3. The molecular weight excluding hydrogens is 298 g/mol. The average Bonchev–Trinajstić information content (AvgIpc) is 3.07. The second-order valence-electron chi connectivity index (χ2n) is 6.06. The Balaban J connectivity index is 1.83. The van der Waals surface area contributed by atoms with Gasteiger partial charge in [0, 0.05) is 37.3 Å². The molecule has 2 unspecified atom stereocenters. The number of aromatic nitrogens is 2. The van der Waals surface area contributed by atoms with E-state index in [2.05, 4.69) is 4.98 Å². The number of thiazole rings is 1. The van der Waals surface area contributed by atoms with Gasteiger partial charge in [-0.2, -0.15) is 0 Å². The Labute approximate surface area is 134 Å². The summed E-state index contributed by atoms with van der Waals surface area (Å²) < 4.78 is 1.84. The number of carbonyl (C=O) groups is 1. The van der Waals surface area contributed by atoms with Gasteiger partial charge in [-0.1, -0.05) is 6.92 Å². The summed E-state index contributed by atoms with van der Waals surface area (Å²) in [7, 11) is 1.87. The first-order chi connectivity index (χ1) is 10.5. The van der Waals surface area contributed by atoms with Crippen molar-refractivity contribution in [2.75, 3.05) is 13.1 Å². The highest BCUT2D eigenvalue weighted by molar-refractivity contribution is 7.09. The SMILES string of the molecule is Cc1nc(-c2cc(C(=O)N3CCC(C)C(O)C3)n(C)c2)cs1. The minimum Gasteiger partial charge on any atom is -0.391 e. The van der Waals surface area contributed by atoms with Crippen molar-refractivity contribution in [1.29, 1.82) is 0 Å². The normalized spacial score (nSPS) is 22.1. The van der Waals surface area contributed by atoms with Gasteiger partial charge in [0.25, 0.3) is 5.91 Å². The van der Waals surface area contributed by atoms with Crippen LogP contribution in [0.5, 0.6) is 0 Å². The molecule has 0 bridgehead atoms. The second-order valence-corrected chi connectivity index (χ2v) is 7.12. The molecule has 0 aliphatic carbocycles. The molecule has 3 heterocycles. The zero-order valence-corrected chi connectivity index (χ0v) is 13.9. The molecule has 118 valence electrons. The van der Waals surface area contributed by atoms with Crippen LogP contribution in [0.2, 0.25) is 0 Å². The summed E-state index contributed by atoms with van der Waals surface area (Å²) >= 11 is 1.60. The van der Waals surface area contributed by atoms with Gasteiger partial charge in [-0.3, -0.25) is 4.79 Å². The lowest BCUT2D eigenvalue weighted by Gasteiger charge is -2.34. The molecule has 1 fully saturated rings. The Hall–Kier alpha value is -1.66. The van der Waals surface area contributed by atoms with Crippen LogP contribution in [0.3, 0.4) is 0 Å². The van der Waals surface area contributed by atoms with Crippen molar-refractivity contribution in [2.24, 2.45) is 13.0 Å². The van der Waals surface area contributed by atoms with Crippen molar-refractivity contribution < 1.29 is 9.90 Å². The van der Waals surface area contributed by atoms with Gasteiger partial charge in [0.1, 0.15) is 5.69 Å². The van der Waals surface area contributed by atoms with E-state index in [0.717, 1.165) is 22.7 Å². The number of aliphatic hydroxyl groups excluding tert-OH is 1. The van der Waals surface area contributed by atoms with Gasteiger partial charge in [-0.25, -0.2) is 4.98 Å². The Morgan fingerprint density at radius 1 is 1.50 bits per heavy atom. The topological polar surface area (TPSA) is 58.4 Å². The lowest BCUT2D eigenvalue weighted by atomic mass is 9.96.